The van der Waals surface area contributed by atoms with Crippen molar-refractivity contribution in [2.24, 2.45) is 7.05 Å². The van der Waals surface area contributed by atoms with Crippen molar-refractivity contribution >= 4 is 39.4 Å². The van der Waals surface area contributed by atoms with Crippen LogP contribution in [0, 0.1) is 6.92 Å². The summed E-state index contributed by atoms with van der Waals surface area (Å²) >= 11 is 6.56. The summed E-state index contributed by atoms with van der Waals surface area (Å²) in [5.41, 5.74) is 5.21. The van der Waals surface area contributed by atoms with E-state index in [0.29, 0.717) is 17.1 Å². The lowest BCUT2D eigenvalue weighted by Gasteiger charge is -2.19. The summed E-state index contributed by atoms with van der Waals surface area (Å²) in [5, 5.41) is 10.1. The number of halogens is 1. The van der Waals surface area contributed by atoms with Crippen LogP contribution in [0.5, 0.6) is 0 Å². The number of nitrogens with one attached hydrogen (secondary N) is 2. The lowest BCUT2D eigenvalue weighted by molar-refractivity contribution is 0.0952. The topological polar surface area (TPSA) is 75.6 Å². The summed E-state index contributed by atoms with van der Waals surface area (Å²) in [6, 6.07) is 17.7. The molecule has 0 aliphatic carbocycles. The molecule has 2 aromatic carbocycles. The first-order chi connectivity index (χ1) is 15.5. The Kier molecular flexibility index (Phi) is 5.15. The fourth-order valence-corrected chi connectivity index (χ4v) is 4.52. The molecule has 0 aliphatic heterocycles. The van der Waals surface area contributed by atoms with E-state index in [0.717, 1.165) is 38.8 Å². The SMILES string of the molecule is Cc1nn(C)c2ncc(C(=O)NC[C@@H](c3ccccc3Cl)c3c[nH]c4ccccc34)cc12. The molecule has 1 atom stereocenters. The molecule has 0 bridgehead atoms. The summed E-state index contributed by atoms with van der Waals surface area (Å²) in [4.78, 5) is 20.8. The van der Waals surface area contributed by atoms with Gasteiger partial charge in [0.05, 0.1) is 11.3 Å². The van der Waals surface area contributed by atoms with Gasteiger partial charge >= 0.3 is 0 Å². The Hall–Kier alpha value is -3.64. The Morgan fingerprint density at radius 2 is 1.91 bits per heavy atom. The molecular weight excluding hydrogens is 422 g/mol. The number of carbonyl (C=O) groups is 1. The number of fused-ring (bicyclic) bond motifs is 2. The summed E-state index contributed by atoms with van der Waals surface area (Å²) < 4.78 is 1.72. The number of pyridine rings is 1. The van der Waals surface area contributed by atoms with Crippen LogP contribution in [0.3, 0.4) is 0 Å². The number of H-pyrrole nitrogens is 1. The van der Waals surface area contributed by atoms with E-state index < -0.39 is 0 Å². The van der Waals surface area contributed by atoms with Crippen molar-refractivity contribution < 1.29 is 4.79 Å². The standard InChI is InChI=1S/C25H22ClN5O/c1-15-19-11-16(12-28-24(19)31(2)30-15)25(32)29-14-20(17-7-3-5-9-22(17)26)21-13-27-23-10-6-4-8-18(21)23/h3-13,20,27H,14H2,1-2H3,(H,29,32)/t20-/m0/s1. The fourth-order valence-electron chi connectivity index (χ4n) is 4.26. The Labute approximate surface area is 190 Å². The van der Waals surface area contributed by atoms with Gasteiger partial charge < -0.3 is 10.3 Å². The molecule has 0 fully saturated rings. The van der Waals surface area contributed by atoms with Gasteiger partial charge in [0.15, 0.2) is 5.65 Å². The van der Waals surface area contributed by atoms with Gasteiger partial charge in [0.25, 0.3) is 5.91 Å². The van der Waals surface area contributed by atoms with E-state index in [-0.39, 0.29) is 11.8 Å². The van der Waals surface area contributed by atoms with E-state index >= 15 is 0 Å². The van der Waals surface area contributed by atoms with Crippen LogP contribution in [-0.4, -0.2) is 32.2 Å². The third-order valence-corrected chi connectivity index (χ3v) is 6.21. The highest BCUT2D eigenvalue weighted by molar-refractivity contribution is 6.31. The maximum Gasteiger partial charge on any atom is 0.252 e. The van der Waals surface area contributed by atoms with Gasteiger partial charge in [-0.3, -0.25) is 9.48 Å². The predicted molar refractivity (Wildman–Crippen MR) is 127 cm³/mol. The van der Waals surface area contributed by atoms with Gasteiger partial charge in [-0.1, -0.05) is 48.0 Å². The second-order valence-electron chi connectivity index (χ2n) is 7.88. The highest BCUT2D eigenvalue weighted by atomic mass is 35.5. The number of aromatic nitrogens is 4. The second kappa shape index (κ2) is 8.13. The number of hydrogen-bond acceptors (Lipinski definition) is 3. The van der Waals surface area contributed by atoms with Gasteiger partial charge in [-0.05, 0) is 36.2 Å². The van der Waals surface area contributed by atoms with Gasteiger partial charge in [-0.2, -0.15) is 5.10 Å². The number of aromatic amines is 1. The number of hydrogen-bond donors (Lipinski definition) is 2. The first-order valence-corrected chi connectivity index (χ1v) is 10.8. The molecule has 3 heterocycles. The Morgan fingerprint density at radius 1 is 1.12 bits per heavy atom. The molecule has 1 amide bonds. The molecule has 7 heteroatoms. The fraction of sp³-hybridized carbons (Fsp3) is 0.160. The van der Waals surface area contributed by atoms with E-state index in [1.807, 2.05) is 68.7 Å². The Balaban J connectivity index is 1.47. The largest absolute Gasteiger partial charge is 0.361 e. The summed E-state index contributed by atoms with van der Waals surface area (Å²) in [5.74, 6) is -0.292. The molecule has 0 aliphatic rings. The molecule has 3 aromatic heterocycles. The van der Waals surface area contributed by atoms with Crippen molar-refractivity contribution in [3.05, 3.63) is 94.4 Å². The van der Waals surface area contributed by atoms with Crippen molar-refractivity contribution in [2.45, 2.75) is 12.8 Å². The lowest BCUT2D eigenvalue weighted by atomic mass is 9.90. The number of para-hydroxylation sites is 1. The maximum atomic E-state index is 13.0. The minimum absolute atomic E-state index is 0.111. The number of amides is 1. The first-order valence-electron chi connectivity index (χ1n) is 10.4. The number of nitrogens with zero attached hydrogens (tertiary/aromatic N) is 3. The molecule has 5 rings (SSSR count). The normalized spacial score (nSPS) is 12.3. The number of carbonyl (C=O) groups excluding carboxylic acids is 1. The van der Waals surface area contributed by atoms with Gasteiger partial charge in [-0.15, -0.1) is 0 Å². The zero-order valence-electron chi connectivity index (χ0n) is 17.8. The van der Waals surface area contributed by atoms with E-state index in [1.54, 1.807) is 10.9 Å². The highest BCUT2D eigenvalue weighted by Gasteiger charge is 2.22. The second-order valence-corrected chi connectivity index (χ2v) is 8.29. The minimum Gasteiger partial charge on any atom is -0.361 e. The van der Waals surface area contributed by atoms with Crippen LogP contribution in [0.1, 0.15) is 33.1 Å². The van der Waals surface area contributed by atoms with Gasteiger partial charge in [0, 0.05) is 53.2 Å². The summed E-state index contributed by atoms with van der Waals surface area (Å²) in [7, 11) is 1.84. The molecule has 0 saturated carbocycles. The van der Waals surface area contributed by atoms with Crippen molar-refractivity contribution in [1.82, 2.24) is 25.1 Å². The quantitative estimate of drug-likeness (QED) is 0.402. The monoisotopic (exact) mass is 443 g/mol. The van der Waals surface area contributed by atoms with E-state index in [1.165, 1.54) is 0 Å². The molecule has 6 nitrogen and oxygen atoms in total. The van der Waals surface area contributed by atoms with Crippen LogP contribution in [0.25, 0.3) is 21.9 Å². The molecular formula is C25H22ClN5O. The van der Waals surface area contributed by atoms with Gasteiger partial charge in [0.2, 0.25) is 0 Å². The van der Waals surface area contributed by atoms with Gasteiger partial charge in [0.1, 0.15) is 0 Å². The third kappa shape index (κ3) is 3.52. The average molecular weight is 444 g/mol. The van der Waals surface area contributed by atoms with Crippen LogP contribution in [0.4, 0.5) is 0 Å². The molecule has 0 spiro atoms. The summed E-state index contributed by atoms with van der Waals surface area (Å²) in [6.07, 6.45) is 3.59. The third-order valence-electron chi connectivity index (χ3n) is 5.87. The van der Waals surface area contributed by atoms with Crippen LogP contribution in [0.2, 0.25) is 5.02 Å². The molecule has 0 unspecified atom stereocenters. The molecule has 0 saturated heterocycles. The van der Waals surface area contributed by atoms with Crippen LogP contribution in [0.15, 0.2) is 67.0 Å². The number of aryl methyl sites for hydroxylation is 2. The molecule has 2 N–H and O–H groups in total. The highest BCUT2D eigenvalue weighted by Crippen LogP contribution is 2.34. The number of benzene rings is 2. The lowest BCUT2D eigenvalue weighted by Crippen LogP contribution is -2.29. The molecule has 0 radical (unpaired) electrons. The molecule has 5 aromatic rings. The van der Waals surface area contributed by atoms with E-state index in [2.05, 4.69) is 26.4 Å². The zero-order chi connectivity index (χ0) is 22.2. The zero-order valence-corrected chi connectivity index (χ0v) is 18.5. The molecule has 32 heavy (non-hydrogen) atoms. The van der Waals surface area contributed by atoms with Crippen LogP contribution < -0.4 is 5.32 Å². The van der Waals surface area contributed by atoms with Crippen molar-refractivity contribution in [1.29, 1.82) is 0 Å². The molecule has 160 valence electrons. The maximum absolute atomic E-state index is 13.0. The van der Waals surface area contributed by atoms with Crippen molar-refractivity contribution in [3.63, 3.8) is 0 Å². The Morgan fingerprint density at radius 3 is 2.75 bits per heavy atom. The average Bonchev–Trinajstić information content (AvgIpc) is 3.35. The van der Waals surface area contributed by atoms with E-state index in [9.17, 15) is 4.79 Å². The van der Waals surface area contributed by atoms with Gasteiger partial charge in [-0.25, -0.2) is 4.98 Å². The minimum atomic E-state index is -0.181. The number of rotatable bonds is 5. The summed E-state index contributed by atoms with van der Waals surface area (Å²) in [6.45, 7) is 2.31. The first kappa shape index (κ1) is 20.3. The Bertz CT molecular complexity index is 1450. The van der Waals surface area contributed by atoms with E-state index in [4.69, 9.17) is 11.6 Å². The predicted octanol–water partition coefficient (Wildman–Crippen LogP) is 4.97. The van der Waals surface area contributed by atoms with Crippen molar-refractivity contribution in [2.75, 3.05) is 6.54 Å². The van der Waals surface area contributed by atoms with Crippen LogP contribution in [-0.2, 0) is 7.05 Å². The smallest absolute Gasteiger partial charge is 0.252 e. The van der Waals surface area contributed by atoms with Crippen molar-refractivity contribution in [3.8, 4) is 0 Å². The van der Waals surface area contributed by atoms with Crippen LogP contribution >= 0.6 is 11.6 Å².